The molecule has 2 atom stereocenters. The molecule has 0 spiro atoms. The van der Waals surface area contributed by atoms with Crippen molar-refractivity contribution in [3.05, 3.63) is 34.3 Å². The maximum atomic E-state index is 12.5. The number of rotatable bonds is 6. The van der Waals surface area contributed by atoms with Crippen LogP contribution in [0, 0.1) is 23.2 Å². The number of Topliss-reactive ketones (excluding diaryl/α,β-unsaturated/α-hetero) is 2. The number of halogens is 1. The second-order valence-electron chi connectivity index (χ2n) is 4.45. The van der Waals surface area contributed by atoms with E-state index >= 15 is 0 Å². The SMILES string of the molecule is COC(=O)C(CC#N)C(C(C)=O)C(=O)c1ccc(Br)cc1. The van der Waals surface area contributed by atoms with Crippen LogP contribution in [0.4, 0.5) is 0 Å². The predicted octanol–water partition coefficient (Wildman–Crippen LogP) is 2.54. The fraction of sp³-hybridized carbons (Fsp3) is 0.333. The van der Waals surface area contributed by atoms with Crippen molar-refractivity contribution in [3.63, 3.8) is 0 Å². The first-order valence-corrected chi connectivity index (χ1v) is 6.96. The monoisotopic (exact) mass is 351 g/mol. The predicted molar refractivity (Wildman–Crippen MR) is 78.4 cm³/mol. The van der Waals surface area contributed by atoms with Crippen molar-refractivity contribution in [1.29, 1.82) is 5.26 Å². The van der Waals surface area contributed by atoms with Crippen molar-refractivity contribution < 1.29 is 19.1 Å². The summed E-state index contributed by atoms with van der Waals surface area (Å²) in [6.07, 6.45) is -0.251. The van der Waals surface area contributed by atoms with Gasteiger partial charge in [-0.25, -0.2) is 0 Å². The van der Waals surface area contributed by atoms with Crippen LogP contribution < -0.4 is 0 Å². The molecule has 21 heavy (non-hydrogen) atoms. The van der Waals surface area contributed by atoms with Crippen molar-refractivity contribution >= 4 is 33.5 Å². The van der Waals surface area contributed by atoms with Crippen molar-refractivity contribution in [2.75, 3.05) is 7.11 Å². The summed E-state index contributed by atoms with van der Waals surface area (Å²) in [6.45, 7) is 1.23. The molecule has 0 saturated heterocycles. The van der Waals surface area contributed by atoms with Gasteiger partial charge in [0.25, 0.3) is 0 Å². The third-order valence-electron chi connectivity index (χ3n) is 3.07. The molecule has 0 aliphatic heterocycles. The van der Waals surface area contributed by atoms with Crippen LogP contribution in [-0.2, 0) is 14.3 Å². The summed E-state index contributed by atoms with van der Waals surface area (Å²) in [5.74, 6) is -3.98. The van der Waals surface area contributed by atoms with Crippen molar-refractivity contribution in [2.45, 2.75) is 13.3 Å². The zero-order valence-electron chi connectivity index (χ0n) is 11.6. The Morgan fingerprint density at radius 3 is 2.29 bits per heavy atom. The van der Waals surface area contributed by atoms with E-state index in [1.54, 1.807) is 24.3 Å². The third-order valence-corrected chi connectivity index (χ3v) is 3.60. The fourth-order valence-electron chi connectivity index (χ4n) is 2.03. The number of ether oxygens (including phenoxy) is 1. The van der Waals surface area contributed by atoms with E-state index in [2.05, 4.69) is 20.7 Å². The summed E-state index contributed by atoms with van der Waals surface area (Å²) in [4.78, 5) is 36.0. The molecule has 0 bridgehead atoms. The number of ketones is 2. The summed E-state index contributed by atoms with van der Waals surface area (Å²) >= 11 is 3.25. The lowest BCUT2D eigenvalue weighted by Crippen LogP contribution is -2.35. The number of hydrogen-bond donors (Lipinski definition) is 0. The van der Waals surface area contributed by atoms with Gasteiger partial charge in [0, 0.05) is 16.5 Å². The number of carbonyl (C=O) groups excluding carboxylic acids is 3. The molecule has 1 rings (SSSR count). The van der Waals surface area contributed by atoms with Gasteiger partial charge >= 0.3 is 5.97 Å². The number of hydrogen-bond acceptors (Lipinski definition) is 5. The maximum Gasteiger partial charge on any atom is 0.310 e. The van der Waals surface area contributed by atoms with E-state index in [0.717, 1.165) is 11.6 Å². The summed E-state index contributed by atoms with van der Waals surface area (Å²) in [7, 11) is 1.16. The van der Waals surface area contributed by atoms with Crippen LogP contribution in [-0.4, -0.2) is 24.6 Å². The van der Waals surface area contributed by atoms with Crippen LogP contribution in [0.25, 0.3) is 0 Å². The summed E-state index contributed by atoms with van der Waals surface area (Å²) in [6, 6.07) is 8.28. The number of esters is 1. The first-order chi connectivity index (χ1) is 9.92. The molecule has 0 fully saturated rings. The Labute approximate surface area is 131 Å². The van der Waals surface area contributed by atoms with E-state index in [1.807, 2.05) is 6.07 Å². The lowest BCUT2D eigenvalue weighted by molar-refractivity contribution is -0.148. The van der Waals surface area contributed by atoms with Gasteiger partial charge < -0.3 is 4.74 Å². The lowest BCUT2D eigenvalue weighted by atomic mass is 9.81. The smallest absolute Gasteiger partial charge is 0.310 e. The highest BCUT2D eigenvalue weighted by Crippen LogP contribution is 2.24. The second-order valence-corrected chi connectivity index (χ2v) is 5.37. The Morgan fingerprint density at radius 1 is 1.29 bits per heavy atom. The summed E-state index contributed by atoms with van der Waals surface area (Å²) < 4.78 is 5.39. The number of nitrogens with zero attached hydrogens (tertiary/aromatic N) is 1. The molecular formula is C15H14BrNO4. The minimum Gasteiger partial charge on any atom is -0.469 e. The average molecular weight is 352 g/mol. The van der Waals surface area contributed by atoms with Gasteiger partial charge in [-0.1, -0.05) is 28.1 Å². The van der Waals surface area contributed by atoms with Gasteiger partial charge in [-0.2, -0.15) is 5.26 Å². The number of benzene rings is 1. The highest BCUT2D eigenvalue weighted by molar-refractivity contribution is 9.10. The van der Waals surface area contributed by atoms with Crippen molar-refractivity contribution in [3.8, 4) is 6.07 Å². The Bertz CT molecular complexity index is 589. The Morgan fingerprint density at radius 2 is 1.86 bits per heavy atom. The summed E-state index contributed by atoms with van der Waals surface area (Å²) in [5.41, 5.74) is 0.310. The third kappa shape index (κ3) is 4.23. The molecule has 110 valence electrons. The topological polar surface area (TPSA) is 84.2 Å². The molecular weight excluding hydrogens is 338 g/mol. The standard InChI is InChI=1S/C15H14BrNO4/c1-9(18)13(12(7-8-17)15(20)21-2)14(19)10-3-5-11(16)6-4-10/h3-6,12-13H,7H2,1-2H3. The molecule has 0 amide bonds. The lowest BCUT2D eigenvalue weighted by Gasteiger charge is -2.20. The molecule has 0 N–H and O–H groups in total. The van der Waals surface area contributed by atoms with Gasteiger partial charge in [0.1, 0.15) is 5.78 Å². The van der Waals surface area contributed by atoms with Gasteiger partial charge in [0.15, 0.2) is 5.78 Å². The zero-order valence-corrected chi connectivity index (χ0v) is 13.2. The molecule has 1 aromatic rings. The molecule has 0 aliphatic carbocycles. The van der Waals surface area contributed by atoms with E-state index in [-0.39, 0.29) is 6.42 Å². The van der Waals surface area contributed by atoms with Crippen LogP contribution in [0.1, 0.15) is 23.7 Å². The van der Waals surface area contributed by atoms with Crippen molar-refractivity contribution in [2.24, 2.45) is 11.8 Å². The molecule has 5 nitrogen and oxygen atoms in total. The molecule has 0 aromatic heterocycles. The van der Waals surface area contributed by atoms with Crippen LogP contribution in [0.2, 0.25) is 0 Å². The molecule has 0 aliphatic rings. The van der Waals surface area contributed by atoms with Gasteiger partial charge in [-0.05, 0) is 19.1 Å². The van der Waals surface area contributed by atoms with Crippen LogP contribution >= 0.6 is 15.9 Å². The van der Waals surface area contributed by atoms with Crippen LogP contribution in [0.5, 0.6) is 0 Å². The molecule has 0 radical (unpaired) electrons. The molecule has 0 saturated carbocycles. The van der Waals surface area contributed by atoms with E-state index < -0.39 is 29.4 Å². The van der Waals surface area contributed by atoms with Gasteiger partial charge in [-0.15, -0.1) is 0 Å². The van der Waals surface area contributed by atoms with E-state index in [1.165, 1.54) is 6.92 Å². The highest BCUT2D eigenvalue weighted by Gasteiger charge is 2.38. The van der Waals surface area contributed by atoms with Gasteiger partial charge in [-0.3, -0.25) is 14.4 Å². The first kappa shape index (κ1) is 17.1. The largest absolute Gasteiger partial charge is 0.469 e. The number of nitriles is 1. The Balaban J connectivity index is 3.18. The van der Waals surface area contributed by atoms with Gasteiger partial charge in [0.05, 0.1) is 25.0 Å². The van der Waals surface area contributed by atoms with Crippen LogP contribution in [0.15, 0.2) is 28.7 Å². The highest BCUT2D eigenvalue weighted by atomic mass is 79.9. The minimum absolute atomic E-state index is 0.251. The summed E-state index contributed by atoms with van der Waals surface area (Å²) in [5, 5.41) is 8.81. The molecule has 1 aromatic carbocycles. The fourth-order valence-corrected chi connectivity index (χ4v) is 2.30. The molecule has 6 heteroatoms. The Hall–Kier alpha value is -2.00. The number of carbonyl (C=O) groups is 3. The quantitative estimate of drug-likeness (QED) is 0.446. The minimum atomic E-state index is -1.21. The van der Waals surface area contributed by atoms with Crippen LogP contribution in [0.3, 0.4) is 0 Å². The van der Waals surface area contributed by atoms with E-state index in [0.29, 0.717) is 5.56 Å². The van der Waals surface area contributed by atoms with E-state index in [9.17, 15) is 14.4 Å². The second kappa shape index (κ2) is 7.70. The number of methoxy groups -OCH3 is 1. The average Bonchev–Trinajstić information content (AvgIpc) is 2.46. The molecule has 0 heterocycles. The van der Waals surface area contributed by atoms with Gasteiger partial charge in [0.2, 0.25) is 0 Å². The first-order valence-electron chi connectivity index (χ1n) is 6.17. The zero-order chi connectivity index (χ0) is 16.0. The Kier molecular flexibility index (Phi) is 6.25. The van der Waals surface area contributed by atoms with E-state index in [4.69, 9.17) is 5.26 Å². The maximum absolute atomic E-state index is 12.5. The normalized spacial score (nSPS) is 12.9. The van der Waals surface area contributed by atoms with Crippen molar-refractivity contribution in [1.82, 2.24) is 0 Å². The molecule has 2 unspecified atom stereocenters.